The van der Waals surface area contributed by atoms with Gasteiger partial charge in [-0.25, -0.2) is 4.98 Å². The zero-order valence-corrected chi connectivity index (χ0v) is 12.5. The predicted octanol–water partition coefficient (Wildman–Crippen LogP) is 3.74. The summed E-state index contributed by atoms with van der Waals surface area (Å²) < 4.78 is 0. The first-order chi connectivity index (χ1) is 9.58. The molecule has 5 heteroatoms. The van der Waals surface area contributed by atoms with Gasteiger partial charge in [0.15, 0.2) is 5.82 Å². The standard InChI is InChI=1S/C15H16N4S/c1-10-11-6-4-5-7-12(11)13(19-18-10)17-15(2,3)14-16-8-9-20-14/h4-9H,1-3H3,(H,17,19). The van der Waals surface area contributed by atoms with E-state index in [0.717, 1.165) is 27.3 Å². The van der Waals surface area contributed by atoms with E-state index in [-0.39, 0.29) is 5.54 Å². The fourth-order valence-corrected chi connectivity index (χ4v) is 2.93. The molecule has 0 aliphatic heterocycles. The number of nitrogens with one attached hydrogen (secondary N) is 1. The zero-order chi connectivity index (χ0) is 14.2. The van der Waals surface area contributed by atoms with Crippen LogP contribution in [0.25, 0.3) is 10.8 Å². The van der Waals surface area contributed by atoms with Crippen LogP contribution in [0.3, 0.4) is 0 Å². The van der Waals surface area contributed by atoms with Gasteiger partial charge in [0.25, 0.3) is 0 Å². The Bertz CT molecular complexity index is 735. The lowest BCUT2D eigenvalue weighted by Crippen LogP contribution is -2.28. The van der Waals surface area contributed by atoms with Gasteiger partial charge in [0.05, 0.1) is 11.2 Å². The Morgan fingerprint density at radius 2 is 1.85 bits per heavy atom. The Labute approximate surface area is 121 Å². The lowest BCUT2D eigenvalue weighted by molar-refractivity contribution is 0.600. The molecule has 0 aliphatic carbocycles. The highest BCUT2D eigenvalue weighted by atomic mass is 32.1. The average Bonchev–Trinajstić information content (AvgIpc) is 2.97. The Balaban J connectivity index is 2.06. The van der Waals surface area contributed by atoms with Gasteiger partial charge in [0.2, 0.25) is 0 Å². The molecule has 0 aliphatic rings. The Morgan fingerprint density at radius 1 is 1.10 bits per heavy atom. The van der Waals surface area contributed by atoms with Crippen molar-refractivity contribution < 1.29 is 0 Å². The third-order valence-electron chi connectivity index (χ3n) is 3.27. The van der Waals surface area contributed by atoms with Crippen molar-refractivity contribution in [1.82, 2.24) is 15.2 Å². The summed E-state index contributed by atoms with van der Waals surface area (Å²) in [5.74, 6) is 0.798. The van der Waals surface area contributed by atoms with Gasteiger partial charge < -0.3 is 5.32 Å². The maximum Gasteiger partial charge on any atom is 0.157 e. The summed E-state index contributed by atoms with van der Waals surface area (Å²) in [6.45, 7) is 6.18. The van der Waals surface area contributed by atoms with E-state index in [4.69, 9.17) is 0 Å². The van der Waals surface area contributed by atoms with Crippen molar-refractivity contribution >= 4 is 27.9 Å². The van der Waals surface area contributed by atoms with Crippen LogP contribution in [-0.2, 0) is 5.54 Å². The largest absolute Gasteiger partial charge is 0.357 e. The van der Waals surface area contributed by atoms with Crippen LogP contribution in [-0.4, -0.2) is 15.2 Å². The zero-order valence-electron chi connectivity index (χ0n) is 11.7. The molecule has 0 unspecified atom stereocenters. The van der Waals surface area contributed by atoms with E-state index >= 15 is 0 Å². The maximum absolute atomic E-state index is 4.39. The van der Waals surface area contributed by atoms with Crippen LogP contribution in [0, 0.1) is 6.92 Å². The van der Waals surface area contributed by atoms with Crippen LogP contribution in [0.4, 0.5) is 5.82 Å². The van der Waals surface area contributed by atoms with Crippen molar-refractivity contribution in [2.45, 2.75) is 26.3 Å². The van der Waals surface area contributed by atoms with Gasteiger partial charge in [-0.1, -0.05) is 24.3 Å². The van der Waals surface area contributed by atoms with Crippen molar-refractivity contribution in [3.63, 3.8) is 0 Å². The molecule has 0 bridgehead atoms. The number of hydrogen-bond donors (Lipinski definition) is 1. The second-order valence-corrected chi connectivity index (χ2v) is 6.16. The normalized spacial score (nSPS) is 11.8. The maximum atomic E-state index is 4.39. The molecule has 1 aromatic carbocycles. The molecular formula is C15H16N4S. The second-order valence-electron chi connectivity index (χ2n) is 5.27. The number of aryl methyl sites for hydroxylation is 1. The topological polar surface area (TPSA) is 50.7 Å². The van der Waals surface area contributed by atoms with E-state index in [9.17, 15) is 0 Å². The summed E-state index contributed by atoms with van der Waals surface area (Å²) in [4.78, 5) is 4.39. The highest BCUT2D eigenvalue weighted by molar-refractivity contribution is 7.09. The third kappa shape index (κ3) is 2.25. The molecule has 0 radical (unpaired) electrons. The number of anilines is 1. The lowest BCUT2D eigenvalue weighted by Gasteiger charge is -2.25. The van der Waals surface area contributed by atoms with E-state index in [1.165, 1.54) is 0 Å². The van der Waals surface area contributed by atoms with Crippen LogP contribution in [0.1, 0.15) is 24.5 Å². The Kier molecular flexibility index (Phi) is 3.14. The average molecular weight is 284 g/mol. The predicted molar refractivity (Wildman–Crippen MR) is 83.0 cm³/mol. The summed E-state index contributed by atoms with van der Waals surface area (Å²) in [5.41, 5.74) is 0.666. The number of aromatic nitrogens is 3. The monoisotopic (exact) mass is 284 g/mol. The quantitative estimate of drug-likeness (QED) is 0.796. The molecule has 0 saturated heterocycles. The summed E-state index contributed by atoms with van der Waals surface area (Å²) in [6, 6.07) is 8.18. The van der Waals surface area contributed by atoms with Crippen molar-refractivity contribution in [1.29, 1.82) is 0 Å². The van der Waals surface area contributed by atoms with Crippen molar-refractivity contribution in [2.24, 2.45) is 0 Å². The first kappa shape index (κ1) is 13.0. The molecule has 3 rings (SSSR count). The van der Waals surface area contributed by atoms with Gasteiger partial charge >= 0.3 is 0 Å². The molecule has 2 aromatic heterocycles. The summed E-state index contributed by atoms with van der Waals surface area (Å²) in [5, 5.41) is 17.3. The van der Waals surface area contributed by atoms with Crippen LogP contribution >= 0.6 is 11.3 Å². The molecule has 0 saturated carbocycles. The Hall–Kier alpha value is -2.01. The molecule has 0 spiro atoms. The van der Waals surface area contributed by atoms with Crippen LogP contribution in [0.5, 0.6) is 0 Å². The minimum Gasteiger partial charge on any atom is -0.357 e. The van der Waals surface area contributed by atoms with Gasteiger partial charge in [-0.15, -0.1) is 16.4 Å². The number of benzene rings is 1. The number of nitrogens with zero attached hydrogens (tertiary/aromatic N) is 3. The summed E-state index contributed by atoms with van der Waals surface area (Å²) >= 11 is 1.64. The molecule has 2 heterocycles. The molecule has 102 valence electrons. The van der Waals surface area contributed by atoms with Gasteiger partial charge in [-0.2, -0.15) is 5.10 Å². The molecule has 0 atom stereocenters. The first-order valence-electron chi connectivity index (χ1n) is 6.48. The van der Waals surface area contributed by atoms with Crippen LogP contribution < -0.4 is 5.32 Å². The van der Waals surface area contributed by atoms with E-state index in [2.05, 4.69) is 46.5 Å². The van der Waals surface area contributed by atoms with Gasteiger partial charge in [-0.05, 0) is 20.8 Å². The number of thiazole rings is 1. The van der Waals surface area contributed by atoms with E-state index in [0.29, 0.717) is 0 Å². The second kappa shape index (κ2) is 4.83. The Morgan fingerprint density at radius 3 is 2.55 bits per heavy atom. The summed E-state index contributed by atoms with van der Waals surface area (Å²) in [6.07, 6.45) is 1.82. The molecule has 0 fully saturated rings. The minimum atomic E-state index is -0.277. The molecule has 0 amide bonds. The fraction of sp³-hybridized carbons (Fsp3) is 0.267. The van der Waals surface area contributed by atoms with Crippen molar-refractivity contribution in [2.75, 3.05) is 5.32 Å². The van der Waals surface area contributed by atoms with Crippen molar-refractivity contribution in [3.05, 3.63) is 46.5 Å². The molecular weight excluding hydrogens is 268 g/mol. The fourth-order valence-electron chi connectivity index (χ4n) is 2.21. The lowest BCUT2D eigenvalue weighted by atomic mass is 10.1. The minimum absolute atomic E-state index is 0.277. The van der Waals surface area contributed by atoms with Crippen molar-refractivity contribution in [3.8, 4) is 0 Å². The third-order valence-corrected chi connectivity index (χ3v) is 4.37. The molecule has 20 heavy (non-hydrogen) atoms. The highest BCUT2D eigenvalue weighted by Crippen LogP contribution is 2.30. The van der Waals surface area contributed by atoms with E-state index < -0.39 is 0 Å². The number of hydrogen-bond acceptors (Lipinski definition) is 5. The van der Waals surface area contributed by atoms with Gasteiger partial charge in [0.1, 0.15) is 5.01 Å². The van der Waals surface area contributed by atoms with E-state index in [1.807, 2.05) is 30.6 Å². The van der Waals surface area contributed by atoms with Gasteiger partial charge in [0, 0.05) is 22.3 Å². The van der Waals surface area contributed by atoms with E-state index in [1.54, 1.807) is 11.3 Å². The molecule has 3 aromatic rings. The van der Waals surface area contributed by atoms with Gasteiger partial charge in [-0.3, -0.25) is 0 Å². The van der Waals surface area contributed by atoms with Crippen LogP contribution in [0.15, 0.2) is 35.8 Å². The molecule has 4 nitrogen and oxygen atoms in total. The SMILES string of the molecule is Cc1nnc(NC(C)(C)c2nccs2)c2ccccc12. The molecule has 1 N–H and O–H groups in total. The number of fused-ring (bicyclic) bond motifs is 1. The number of rotatable bonds is 3. The first-order valence-corrected chi connectivity index (χ1v) is 7.36. The highest BCUT2D eigenvalue weighted by Gasteiger charge is 2.24. The smallest absolute Gasteiger partial charge is 0.157 e. The summed E-state index contributed by atoms with van der Waals surface area (Å²) in [7, 11) is 0. The van der Waals surface area contributed by atoms with Crippen LogP contribution in [0.2, 0.25) is 0 Å².